The van der Waals surface area contributed by atoms with E-state index in [1.807, 2.05) is 0 Å². The van der Waals surface area contributed by atoms with Crippen molar-refractivity contribution in [3.05, 3.63) is 23.5 Å². The predicted molar refractivity (Wildman–Crippen MR) is 79.7 cm³/mol. The number of pyridine rings is 1. The SMILES string of the molecule is CN(C)C(=O)c1ccnc(C#N)c1SC1CCCCC1. The second-order valence-electron chi connectivity index (χ2n) is 5.23. The molecule has 2 rings (SSSR count). The molecule has 106 valence electrons. The van der Waals surface area contributed by atoms with Crippen LogP contribution in [-0.2, 0) is 0 Å². The van der Waals surface area contributed by atoms with Crippen LogP contribution in [0.5, 0.6) is 0 Å². The Bertz CT molecular complexity index is 530. The van der Waals surface area contributed by atoms with Crippen LogP contribution in [0.25, 0.3) is 0 Å². The van der Waals surface area contributed by atoms with Crippen LogP contribution in [0, 0.1) is 11.3 Å². The summed E-state index contributed by atoms with van der Waals surface area (Å²) < 4.78 is 0. The molecule has 1 aromatic rings. The standard InChI is InChI=1S/C15H19N3OS/c1-18(2)15(19)12-8-9-17-13(10-16)14(12)20-11-6-4-3-5-7-11/h8-9,11H,3-7H2,1-2H3. The summed E-state index contributed by atoms with van der Waals surface area (Å²) >= 11 is 1.66. The van der Waals surface area contributed by atoms with Crippen molar-refractivity contribution in [1.29, 1.82) is 5.26 Å². The van der Waals surface area contributed by atoms with E-state index in [2.05, 4.69) is 11.1 Å². The van der Waals surface area contributed by atoms with Crippen LogP contribution in [0.1, 0.15) is 48.2 Å². The minimum atomic E-state index is -0.0674. The molecule has 0 N–H and O–H groups in total. The Kier molecular flexibility index (Phi) is 5.02. The molecule has 5 heteroatoms. The van der Waals surface area contributed by atoms with Crippen molar-refractivity contribution in [1.82, 2.24) is 9.88 Å². The maximum atomic E-state index is 12.3. The van der Waals surface area contributed by atoms with Crippen LogP contribution in [0.3, 0.4) is 0 Å². The van der Waals surface area contributed by atoms with Crippen molar-refractivity contribution < 1.29 is 4.79 Å². The molecule has 0 radical (unpaired) electrons. The number of rotatable bonds is 3. The number of hydrogen-bond donors (Lipinski definition) is 0. The maximum absolute atomic E-state index is 12.3. The highest BCUT2D eigenvalue weighted by Crippen LogP contribution is 2.36. The van der Waals surface area contributed by atoms with Gasteiger partial charge in [-0.3, -0.25) is 4.79 Å². The number of aromatic nitrogens is 1. The molecule has 1 aromatic heterocycles. The van der Waals surface area contributed by atoms with Crippen molar-refractivity contribution in [2.24, 2.45) is 0 Å². The third kappa shape index (κ3) is 3.31. The fourth-order valence-electron chi connectivity index (χ4n) is 2.41. The molecule has 1 amide bonds. The van der Waals surface area contributed by atoms with E-state index < -0.39 is 0 Å². The van der Waals surface area contributed by atoms with E-state index in [0.29, 0.717) is 16.5 Å². The zero-order valence-electron chi connectivity index (χ0n) is 11.9. The number of carbonyl (C=O) groups is 1. The third-order valence-corrected chi connectivity index (χ3v) is 4.94. The van der Waals surface area contributed by atoms with Gasteiger partial charge < -0.3 is 4.90 Å². The van der Waals surface area contributed by atoms with Gasteiger partial charge in [-0.2, -0.15) is 5.26 Å². The van der Waals surface area contributed by atoms with Crippen LogP contribution in [0.15, 0.2) is 17.2 Å². The molecular weight excluding hydrogens is 270 g/mol. The van der Waals surface area contributed by atoms with E-state index in [0.717, 1.165) is 17.7 Å². The molecule has 1 aliphatic carbocycles. The Morgan fingerprint density at radius 1 is 1.40 bits per heavy atom. The molecule has 1 aliphatic rings. The molecule has 1 heterocycles. The van der Waals surface area contributed by atoms with Crippen LogP contribution in [-0.4, -0.2) is 35.1 Å². The van der Waals surface area contributed by atoms with Crippen molar-refractivity contribution in [3.63, 3.8) is 0 Å². The first-order valence-electron chi connectivity index (χ1n) is 6.91. The number of thioether (sulfide) groups is 1. The maximum Gasteiger partial charge on any atom is 0.254 e. The zero-order valence-corrected chi connectivity index (χ0v) is 12.7. The highest BCUT2D eigenvalue weighted by Gasteiger charge is 2.22. The molecule has 0 unspecified atom stereocenters. The first kappa shape index (κ1) is 14.9. The van der Waals surface area contributed by atoms with Gasteiger partial charge in [-0.05, 0) is 18.9 Å². The van der Waals surface area contributed by atoms with E-state index in [4.69, 9.17) is 0 Å². The monoisotopic (exact) mass is 289 g/mol. The van der Waals surface area contributed by atoms with E-state index in [-0.39, 0.29) is 5.91 Å². The summed E-state index contributed by atoms with van der Waals surface area (Å²) in [4.78, 5) is 18.7. The molecule has 1 saturated carbocycles. The van der Waals surface area contributed by atoms with Gasteiger partial charge in [0.05, 0.1) is 10.5 Å². The normalized spacial score (nSPS) is 15.7. The van der Waals surface area contributed by atoms with Gasteiger partial charge in [0.15, 0.2) is 5.69 Å². The van der Waals surface area contributed by atoms with Gasteiger partial charge in [0, 0.05) is 25.5 Å². The summed E-state index contributed by atoms with van der Waals surface area (Å²) in [7, 11) is 3.45. The number of nitrogens with zero attached hydrogens (tertiary/aromatic N) is 3. The number of amides is 1. The average Bonchev–Trinajstić information content (AvgIpc) is 2.47. The first-order chi connectivity index (χ1) is 9.63. The van der Waals surface area contributed by atoms with Crippen LogP contribution in [0.4, 0.5) is 0 Å². The minimum Gasteiger partial charge on any atom is -0.345 e. The molecule has 0 atom stereocenters. The molecular formula is C15H19N3OS. The summed E-state index contributed by atoms with van der Waals surface area (Å²) in [6, 6.07) is 3.83. The second-order valence-corrected chi connectivity index (χ2v) is 6.54. The summed E-state index contributed by atoms with van der Waals surface area (Å²) in [5, 5.41) is 9.74. The summed E-state index contributed by atoms with van der Waals surface area (Å²) in [6.07, 6.45) is 7.60. The van der Waals surface area contributed by atoms with Gasteiger partial charge in [0.1, 0.15) is 6.07 Å². The number of hydrogen-bond acceptors (Lipinski definition) is 4. The van der Waals surface area contributed by atoms with Crippen LogP contribution >= 0.6 is 11.8 Å². The van der Waals surface area contributed by atoms with E-state index in [9.17, 15) is 10.1 Å². The lowest BCUT2D eigenvalue weighted by molar-refractivity contribution is 0.0824. The van der Waals surface area contributed by atoms with Crippen LogP contribution < -0.4 is 0 Å². The highest BCUT2D eigenvalue weighted by molar-refractivity contribution is 8.00. The van der Waals surface area contributed by atoms with Gasteiger partial charge in [0.2, 0.25) is 0 Å². The molecule has 0 spiro atoms. The van der Waals surface area contributed by atoms with Gasteiger partial charge in [-0.1, -0.05) is 19.3 Å². The summed E-state index contributed by atoms with van der Waals surface area (Å²) in [5.41, 5.74) is 0.963. The lowest BCUT2D eigenvalue weighted by Crippen LogP contribution is -2.23. The average molecular weight is 289 g/mol. The van der Waals surface area contributed by atoms with E-state index in [1.165, 1.54) is 19.3 Å². The van der Waals surface area contributed by atoms with Crippen molar-refractivity contribution in [2.75, 3.05) is 14.1 Å². The largest absolute Gasteiger partial charge is 0.345 e. The topological polar surface area (TPSA) is 57.0 Å². The van der Waals surface area contributed by atoms with Gasteiger partial charge >= 0.3 is 0 Å². The van der Waals surface area contributed by atoms with Crippen molar-refractivity contribution in [3.8, 4) is 6.07 Å². The lowest BCUT2D eigenvalue weighted by atomic mass is 10.0. The summed E-state index contributed by atoms with van der Waals surface area (Å²) in [6.45, 7) is 0. The Hall–Kier alpha value is -1.54. The first-order valence-corrected chi connectivity index (χ1v) is 7.79. The molecule has 4 nitrogen and oxygen atoms in total. The quantitative estimate of drug-likeness (QED) is 0.858. The van der Waals surface area contributed by atoms with Crippen molar-refractivity contribution >= 4 is 17.7 Å². The van der Waals surface area contributed by atoms with Gasteiger partial charge in [0.25, 0.3) is 5.91 Å². The van der Waals surface area contributed by atoms with Crippen molar-refractivity contribution in [2.45, 2.75) is 42.2 Å². The molecule has 0 bridgehead atoms. The van der Waals surface area contributed by atoms with E-state index in [1.54, 1.807) is 43.0 Å². The van der Waals surface area contributed by atoms with E-state index >= 15 is 0 Å². The fourth-order valence-corrected chi connectivity index (χ4v) is 3.80. The molecule has 0 aliphatic heterocycles. The number of nitriles is 1. The Morgan fingerprint density at radius 3 is 2.70 bits per heavy atom. The lowest BCUT2D eigenvalue weighted by Gasteiger charge is -2.22. The van der Waals surface area contributed by atoms with Crippen LogP contribution in [0.2, 0.25) is 0 Å². The predicted octanol–water partition coefficient (Wildman–Crippen LogP) is 3.08. The smallest absolute Gasteiger partial charge is 0.254 e. The fraction of sp³-hybridized carbons (Fsp3) is 0.533. The Labute approximate surface area is 124 Å². The summed E-state index contributed by atoms with van der Waals surface area (Å²) in [5.74, 6) is -0.0674. The number of carbonyl (C=O) groups excluding carboxylic acids is 1. The van der Waals surface area contributed by atoms with Gasteiger partial charge in [-0.25, -0.2) is 4.98 Å². The second kappa shape index (κ2) is 6.76. The zero-order chi connectivity index (χ0) is 14.5. The Morgan fingerprint density at radius 2 is 2.10 bits per heavy atom. The molecule has 1 fully saturated rings. The van der Waals surface area contributed by atoms with Gasteiger partial charge in [-0.15, -0.1) is 11.8 Å². The third-order valence-electron chi connectivity index (χ3n) is 3.48. The molecule has 0 saturated heterocycles. The highest BCUT2D eigenvalue weighted by atomic mass is 32.2. The minimum absolute atomic E-state index is 0.0674. The molecule has 20 heavy (non-hydrogen) atoms. The Balaban J connectivity index is 2.32. The molecule has 0 aromatic carbocycles.